The van der Waals surface area contributed by atoms with E-state index in [1.54, 1.807) is 6.07 Å². The molecule has 0 saturated heterocycles. The van der Waals surface area contributed by atoms with Gasteiger partial charge < -0.3 is 9.47 Å². The van der Waals surface area contributed by atoms with Gasteiger partial charge in [-0.1, -0.05) is 0 Å². The molecule has 1 aliphatic heterocycles. The van der Waals surface area contributed by atoms with Crippen molar-refractivity contribution in [3.05, 3.63) is 29.6 Å². The van der Waals surface area contributed by atoms with E-state index in [2.05, 4.69) is 0 Å². The first-order chi connectivity index (χ1) is 6.79. The van der Waals surface area contributed by atoms with Gasteiger partial charge in [-0.15, -0.1) is 0 Å². The lowest BCUT2D eigenvalue weighted by atomic mass is 10.1. The molecule has 0 aromatic heterocycles. The highest BCUT2D eigenvalue weighted by molar-refractivity contribution is 5.35. The molecule has 0 N–H and O–H groups in total. The molecule has 3 heteroatoms. The Morgan fingerprint density at radius 1 is 1.57 bits per heavy atom. The Kier molecular flexibility index (Phi) is 2.68. The fourth-order valence-corrected chi connectivity index (χ4v) is 1.64. The first-order valence-corrected chi connectivity index (χ1v) is 4.86. The number of aryl methyl sites for hydroxylation is 1. The second-order valence-corrected chi connectivity index (χ2v) is 3.29. The standard InChI is InChI=1S/C11H13FO2/c1-2-13-11-6-3-8-7-9(12)4-5-10(8)14-11/h4-5,7,11H,2-3,6H2,1H3/t11-/m1/s1. The lowest BCUT2D eigenvalue weighted by molar-refractivity contribution is -0.0862. The maximum atomic E-state index is 12.9. The minimum Gasteiger partial charge on any atom is -0.465 e. The van der Waals surface area contributed by atoms with Gasteiger partial charge in [0.2, 0.25) is 0 Å². The Morgan fingerprint density at radius 2 is 2.43 bits per heavy atom. The van der Waals surface area contributed by atoms with E-state index >= 15 is 0 Å². The van der Waals surface area contributed by atoms with Crippen LogP contribution in [-0.4, -0.2) is 12.9 Å². The summed E-state index contributed by atoms with van der Waals surface area (Å²) in [5, 5.41) is 0. The highest BCUT2D eigenvalue weighted by Gasteiger charge is 2.19. The van der Waals surface area contributed by atoms with Crippen LogP contribution in [0.5, 0.6) is 5.75 Å². The number of hydrogen-bond donors (Lipinski definition) is 0. The second-order valence-electron chi connectivity index (χ2n) is 3.29. The molecule has 1 heterocycles. The molecular formula is C11H13FO2. The van der Waals surface area contributed by atoms with Crippen molar-refractivity contribution in [3.63, 3.8) is 0 Å². The van der Waals surface area contributed by atoms with Crippen molar-refractivity contribution in [1.82, 2.24) is 0 Å². The average molecular weight is 196 g/mol. The number of rotatable bonds is 2. The lowest BCUT2D eigenvalue weighted by Crippen LogP contribution is -2.25. The van der Waals surface area contributed by atoms with Gasteiger partial charge in [0.1, 0.15) is 11.6 Å². The predicted octanol–water partition coefficient (Wildman–Crippen LogP) is 2.51. The summed E-state index contributed by atoms with van der Waals surface area (Å²) < 4.78 is 23.7. The van der Waals surface area contributed by atoms with Crippen LogP contribution in [0.3, 0.4) is 0 Å². The predicted molar refractivity (Wildman–Crippen MR) is 50.8 cm³/mol. The Labute approximate surface area is 82.6 Å². The Balaban J connectivity index is 2.15. The van der Waals surface area contributed by atoms with E-state index in [1.165, 1.54) is 12.1 Å². The van der Waals surface area contributed by atoms with Crippen molar-refractivity contribution < 1.29 is 13.9 Å². The van der Waals surface area contributed by atoms with Crippen LogP contribution in [0.2, 0.25) is 0 Å². The molecule has 0 unspecified atom stereocenters. The summed E-state index contributed by atoms with van der Waals surface area (Å²) in [5.74, 6) is 0.540. The van der Waals surface area contributed by atoms with Gasteiger partial charge in [0.15, 0.2) is 6.29 Å². The lowest BCUT2D eigenvalue weighted by Gasteiger charge is -2.25. The van der Waals surface area contributed by atoms with Gasteiger partial charge in [-0.25, -0.2) is 4.39 Å². The van der Waals surface area contributed by atoms with Crippen LogP contribution in [0, 0.1) is 5.82 Å². The van der Waals surface area contributed by atoms with Gasteiger partial charge in [0, 0.05) is 13.0 Å². The molecule has 1 aromatic rings. The van der Waals surface area contributed by atoms with Gasteiger partial charge in [-0.05, 0) is 37.1 Å². The fourth-order valence-electron chi connectivity index (χ4n) is 1.64. The van der Waals surface area contributed by atoms with Crippen LogP contribution in [0.25, 0.3) is 0 Å². The van der Waals surface area contributed by atoms with Crippen molar-refractivity contribution in [3.8, 4) is 5.75 Å². The molecule has 0 fully saturated rings. The SMILES string of the molecule is CCO[C@H]1CCc2cc(F)ccc2O1. The van der Waals surface area contributed by atoms with E-state index in [9.17, 15) is 4.39 Å². The molecule has 0 spiro atoms. The number of fused-ring (bicyclic) bond motifs is 1. The highest BCUT2D eigenvalue weighted by Crippen LogP contribution is 2.28. The summed E-state index contributed by atoms with van der Waals surface area (Å²) in [5.41, 5.74) is 0.931. The van der Waals surface area contributed by atoms with Gasteiger partial charge in [0.05, 0.1) is 0 Å². The zero-order valence-electron chi connectivity index (χ0n) is 8.13. The third kappa shape index (κ3) is 1.87. The third-order valence-corrected chi connectivity index (χ3v) is 2.28. The molecule has 14 heavy (non-hydrogen) atoms. The molecule has 0 saturated carbocycles. The van der Waals surface area contributed by atoms with E-state index in [-0.39, 0.29) is 12.1 Å². The maximum absolute atomic E-state index is 12.9. The topological polar surface area (TPSA) is 18.5 Å². The van der Waals surface area contributed by atoms with Crippen molar-refractivity contribution in [2.45, 2.75) is 26.1 Å². The second kappa shape index (κ2) is 3.96. The van der Waals surface area contributed by atoms with Crippen molar-refractivity contribution in [2.24, 2.45) is 0 Å². The maximum Gasteiger partial charge on any atom is 0.200 e. The van der Waals surface area contributed by atoms with Crippen LogP contribution in [-0.2, 0) is 11.2 Å². The monoisotopic (exact) mass is 196 g/mol. The highest BCUT2D eigenvalue weighted by atomic mass is 19.1. The number of benzene rings is 1. The zero-order valence-corrected chi connectivity index (χ0v) is 8.13. The molecular weight excluding hydrogens is 183 g/mol. The summed E-state index contributed by atoms with van der Waals surface area (Å²) >= 11 is 0. The minimum absolute atomic E-state index is 0.169. The van der Waals surface area contributed by atoms with E-state index < -0.39 is 0 Å². The van der Waals surface area contributed by atoms with E-state index in [0.717, 1.165) is 24.2 Å². The van der Waals surface area contributed by atoms with Gasteiger partial charge in [-0.3, -0.25) is 0 Å². The normalized spacial score (nSPS) is 20.0. The molecule has 1 atom stereocenters. The van der Waals surface area contributed by atoms with Crippen LogP contribution in [0.4, 0.5) is 4.39 Å². The van der Waals surface area contributed by atoms with Crippen molar-refractivity contribution >= 4 is 0 Å². The summed E-state index contributed by atoms with van der Waals surface area (Å²) in [6, 6.07) is 4.60. The molecule has 0 radical (unpaired) electrons. The zero-order chi connectivity index (χ0) is 9.97. The summed E-state index contributed by atoms with van der Waals surface area (Å²) in [7, 11) is 0. The number of hydrogen-bond acceptors (Lipinski definition) is 2. The Bertz CT molecular complexity index is 325. The summed E-state index contributed by atoms with van der Waals surface area (Å²) in [4.78, 5) is 0. The smallest absolute Gasteiger partial charge is 0.200 e. The van der Waals surface area contributed by atoms with E-state index in [0.29, 0.717) is 6.61 Å². The minimum atomic E-state index is -0.206. The molecule has 2 rings (SSSR count). The molecule has 0 aliphatic carbocycles. The quantitative estimate of drug-likeness (QED) is 0.723. The number of ether oxygens (including phenoxy) is 2. The first-order valence-electron chi connectivity index (χ1n) is 4.86. The Morgan fingerprint density at radius 3 is 3.21 bits per heavy atom. The molecule has 0 bridgehead atoms. The fraction of sp³-hybridized carbons (Fsp3) is 0.455. The van der Waals surface area contributed by atoms with Crippen LogP contribution in [0.1, 0.15) is 18.9 Å². The van der Waals surface area contributed by atoms with Crippen LogP contribution in [0.15, 0.2) is 18.2 Å². The molecule has 0 amide bonds. The largest absolute Gasteiger partial charge is 0.465 e. The van der Waals surface area contributed by atoms with Gasteiger partial charge >= 0.3 is 0 Å². The first kappa shape index (κ1) is 9.46. The molecule has 1 aliphatic rings. The third-order valence-electron chi connectivity index (χ3n) is 2.28. The molecule has 76 valence electrons. The van der Waals surface area contributed by atoms with Crippen molar-refractivity contribution in [2.75, 3.05) is 6.61 Å². The van der Waals surface area contributed by atoms with E-state index in [1.807, 2.05) is 6.92 Å². The van der Waals surface area contributed by atoms with Gasteiger partial charge in [-0.2, -0.15) is 0 Å². The summed E-state index contributed by atoms with van der Waals surface area (Å²) in [6.07, 6.45) is 1.44. The van der Waals surface area contributed by atoms with E-state index in [4.69, 9.17) is 9.47 Å². The number of halogens is 1. The van der Waals surface area contributed by atoms with Crippen LogP contribution < -0.4 is 4.74 Å². The molecule has 2 nitrogen and oxygen atoms in total. The van der Waals surface area contributed by atoms with Gasteiger partial charge in [0.25, 0.3) is 0 Å². The summed E-state index contributed by atoms with van der Waals surface area (Å²) in [6.45, 7) is 2.57. The van der Waals surface area contributed by atoms with Crippen LogP contribution >= 0.6 is 0 Å². The Hall–Kier alpha value is -1.09. The molecule has 1 aromatic carbocycles. The average Bonchev–Trinajstić information content (AvgIpc) is 2.19. The van der Waals surface area contributed by atoms with Crippen molar-refractivity contribution in [1.29, 1.82) is 0 Å².